The Labute approximate surface area is 116 Å². The molecule has 1 aromatic rings. The molecule has 0 saturated carbocycles. The summed E-state index contributed by atoms with van der Waals surface area (Å²) in [5.74, 6) is 1.84. The Morgan fingerprint density at radius 2 is 2.21 bits per heavy atom. The van der Waals surface area contributed by atoms with E-state index in [4.69, 9.17) is 4.74 Å². The van der Waals surface area contributed by atoms with Crippen LogP contribution in [0.25, 0.3) is 0 Å². The zero-order valence-electron chi connectivity index (χ0n) is 12.4. The first-order chi connectivity index (χ1) is 9.24. The molecular weight excluding hydrogens is 236 g/mol. The van der Waals surface area contributed by atoms with E-state index in [1.54, 1.807) is 0 Å². The van der Waals surface area contributed by atoms with E-state index in [-0.39, 0.29) is 0 Å². The van der Waals surface area contributed by atoms with Crippen molar-refractivity contribution in [3.8, 4) is 5.75 Å². The molecule has 1 heterocycles. The van der Waals surface area contributed by atoms with Crippen molar-refractivity contribution in [3.63, 3.8) is 0 Å². The highest BCUT2D eigenvalue weighted by atomic mass is 16.5. The highest BCUT2D eigenvalue weighted by Crippen LogP contribution is 2.27. The fourth-order valence-corrected chi connectivity index (χ4v) is 2.85. The van der Waals surface area contributed by atoms with Crippen molar-refractivity contribution >= 4 is 0 Å². The van der Waals surface area contributed by atoms with Crippen LogP contribution < -0.4 is 10.1 Å². The molecule has 0 radical (unpaired) electrons. The Hall–Kier alpha value is -1.06. The number of ether oxygens (including phenoxy) is 1. The molecule has 0 amide bonds. The van der Waals surface area contributed by atoms with Crippen LogP contribution in [-0.4, -0.2) is 38.2 Å². The van der Waals surface area contributed by atoms with Gasteiger partial charge in [-0.05, 0) is 38.9 Å². The molecule has 0 aliphatic carbocycles. The number of rotatable bonds is 6. The van der Waals surface area contributed by atoms with Gasteiger partial charge >= 0.3 is 0 Å². The summed E-state index contributed by atoms with van der Waals surface area (Å²) >= 11 is 0. The van der Waals surface area contributed by atoms with Crippen LogP contribution in [0.1, 0.15) is 31.9 Å². The normalized spacial score (nSPS) is 21.5. The molecule has 1 aliphatic heterocycles. The molecule has 106 valence electrons. The van der Waals surface area contributed by atoms with Gasteiger partial charge in [-0.1, -0.05) is 25.1 Å². The minimum absolute atomic E-state index is 0.341. The van der Waals surface area contributed by atoms with Crippen LogP contribution in [0.15, 0.2) is 24.3 Å². The van der Waals surface area contributed by atoms with Gasteiger partial charge in [0.1, 0.15) is 5.75 Å². The first-order valence-corrected chi connectivity index (χ1v) is 7.36. The van der Waals surface area contributed by atoms with Gasteiger partial charge in [-0.15, -0.1) is 0 Å². The molecule has 19 heavy (non-hydrogen) atoms. The molecule has 1 aliphatic rings. The average molecular weight is 262 g/mol. The highest BCUT2D eigenvalue weighted by Gasteiger charge is 2.23. The molecule has 0 bridgehead atoms. The minimum Gasteiger partial charge on any atom is -0.494 e. The molecule has 3 nitrogen and oxygen atoms in total. The lowest BCUT2D eigenvalue weighted by Gasteiger charge is -2.25. The quantitative estimate of drug-likeness (QED) is 0.853. The van der Waals surface area contributed by atoms with Crippen molar-refractivity contribution in [2.45, 2.75) is 26.3 Å². The van der Waals surface area contributed by atoms with Crippen LogP contribution >= 0.6 is 0 Å². The van der Waals surface area contributed by atoms with E-state index in [1.807, 2.05) is 20.0 Å². The van der Waals surface area contributed by atoms with Gasteiger partial charge in [-0.3, -0.25) is 0 Å². The van der Waals surface area contributed by atoms with Gasteiger partial charge in [0.15, 0.2) is 0 Å². The van der Waals surface area contributed by atoms with Crippen molar-refractivity contribution < 1.29 is 4.74 Å². The van der Waals surface area contributed by atoms with E-state index in [0.29, 0.717) is 12.6 Å². The van der Waals surface area contributed by atoms with Crippen LogP contribution in [0.5, 0.6) is 5.75 Å². The second kappa shape index (κ2) is 6.92. The maximum absolute atomic E-state index is 5.75. The number of hydrogen-bond donors (Lipinski definition) is 1. The lowest BCUT2D eigenvalue weighted by molar-refractivity contribution is 0.282. The third kappa shape index (κ3) is 3.71. The summed E-state index contributed by atoms with van der Waals surface area (Å²) in [7, 11) is 2.03. The molecule has 2 rings (SSSR count). The molecule has 0 spiro atoms. The Bertz CT molecular complexity index is 394. The van der Waals surface area contributed by atoms with Gasteiger partial charge < -0.3 is 15.0 Å². The Morgan fingerprint density at radius 3 is 2.84 bits per heavy atom. The van der Waals surface area contributed by atoms with Crippen LogP contribution in [0.4, 0.5) is 0 Å². The molecule has 1 saturated heterocycles. The summed E-state index contributed by atoms with van der Waals surface area (Å²) in [6, 6.07) is 8.71. The summed E-state index contributed by atoms with van der Waals surface area (Å²) in [6.45, 7) is 8.58. The van der Waals surface area contributed by atoms with E-state index in [0.717, 1.165) is 18.2 Å². The van der Waals surface area contributed by atoms with Gasteiger partial charge in [0.2, 0.25) is 0 Å². The summed E-state index contributed by atoms with van der Waals surface area (Å²) < 4.78 is 5.75. The molecule has 1 fully saturated rings. The SMILES string of the molecule is CCOc1ccccc1C(CN1CCC(C)C1)NC. The molecular formula is C16H26N2O. The zero-order valence-corrected chi connectivity index (χ0v) is 12.4. The highest BCUT2D eigenvalue weighted by molar-refractivity contribution is 5.36. The predicted molar refractivity (Wildman–Crippen MR) is 79.6 cm³/mol. The smallest absolute Gasteiger partial charge is 0.124 e. The number of nitrogens with one attached hydrogen (secondary N) is 1. The number of hydrogen-bond acceptors (Lipinski definition) is 3. The number of benzene rings is 1. The molecule has 1 aromatic carbocycles. The van der Waals surface area contributed by atoms with Crippen molar-refractivity contribution in [3.05, 3.63) is 29.8 Å². The standard InChI is InChI=1S/C16H26N2O/c1-4-19-16-8-6-5-7-14(16)15(17-3)12-18-10-9-13(2)11-18/h5-8,13,15,17H,4,9-12H2,1-3H3. The van der Waals surface area contributed by atoms with Gasteiger partial charge in [0.25, 0.3) is 0 Å². The lowest BCUT2D eigenvalue weighted by Crippen LogP contribution is -2.32. The lowest BCUT2D eigenvalue weighted by atomic mass is 10.1. The third-order valence-electron chi connectivity index (χ3n) is 3.89. The van der Waals surface area contributed by atoms with Gasteiger partial charge in [0.05, 0.1) is 6.61 Å². The second-order valence-electron chi connectivity index (χ2n) is 5.47. The molecule has 0 aromatic heterocycles. The number of likely N-dealkylation sites (N-methyl/N-ethyl adjacent to an activating group) is 1. The molecule has 3 heteroatoms. The van der Waals surface area contributed by atoms with Crippen molar-refractivity contribution in [2.24, 2.45) is 5.92 Å². The van der Waals surface area contributed by atoms with Gasteiger partial charge in [0, 0.05) is 24.7 Å². The fourth-order valence-electron chi connectivity index (χ4n) is 2.85. The Morgan fingerprint density at radius 1 is 1.42 bits per heavy atom. The van der Waals surface area contributed by atoms with E-state index in [2.05, 4.69) is 35.3 Å². The van der Waals surface area contributed by atoms with Crippen molar-refractivity contribution in [2.75, 3.05) is 33.3 Å². The maximum Gasteiger partial charge on any atom is 0.124 e. The molecule has 2 unspecified atom stereocenters. The fraction of sp³-hybridized carbons (Fsp3) is 0.625. The first-order valence-electron chi connectivity index (χ1n) is 7.36. The van der Waals surface area contributed by atoms with E-state index in [9.17, 15) is 0 Å². The molecule has 1 N–H and O–H groups in total. The number of nitrogens with zero attached hydrogens (tertiary/aromatic N) is 1. The van der Waals surface area contributed by atoms with Crippen LogP contribution in [0.3, 0.4) is 0 Å². The van der Waals surface area contributed by atoms with E-state index in [1.165, 1.54) is 25.1 Å². The van der Waals surface area contributed by atoms with Crippen molar-refractivity contribution in [1.29, 1.82) is 0 Å². The number of likely N-dealkylation sites (tertiary alicyclic amines) is 1. The average Bonchev–Trinajstić information content (AvgIpc) is 2.83. The van der Waals surface area contributed by atoms with Crippen LogP contribution in [0.2, 0.25) is 0 Å². The first kappa shape index (κ1) is 14.4. The van der Waals surface area contributed by atoms with Gasteiger partial charge in [-0.2, -0.15) is 0 Å². The maximum atomic E-state index is 5.75. The zero-order chi connectivity index (χ0) is 13.7. The summed E-state index contributed by atoms with van der Waals surface area (Å²) in [6.07, 6.45) is 1.32. The Balaban J connectivity index is 2.08. The second-order valence-corrected chi connectivity index (χ2v) is 5.47. The summed E-state index contributed by atoms with van der Waals surface area (Å²) in [5.41, 5.74) is 1.27. The third-order valence-corrected chi connectivity index (χ3v) is 3.89. The van der Waals surface area contributed by atoms with Gasteiger partial charge in [-0.25, -0.2) is 0 Å². The predicted octanol–water partition coefficient (Wildman–Crippen LogP) is 2.69. The largest absolute Gasteiger partial charge is 0.494 e. The topological polar surface area (TPSA) is 24.5 Å². The van der Waals surface area contributed by atoms with Crippen molar-refractivity contribution in [1.82, 2.24) is 10.2 Å². The van der Waals surface area contributed by atoms with Crippen LogP contribution in [-0.2, 0) is 0 Å². The van der Waals surface area contributed by atoms with E-state index >= 15 is 0 Å². The molecule has 2 atom stereocenters. The van der Waals surface area contributed by atoms with E-state index < -0.39 is 0 Å². The monoisotopic (exact) mass is 262 g/mol. The van der Waals surface area contributed by atoms with Crippen LogP contribution in [0, 0.1) is 5.92 Å². The number of para-hydroxylation sites is 1. The summed E-state index contributed by atoms with van der Waals surface area (Å²) in [4.78, 5) is 2.55. The minimum atomic E-state index is 0.341. The Kier molecular flexibility index (Phi) is 5.23. The summed E-state index contributed by atoms with van der Waals surface area (Å²) in [5, 5.41) is 3.44.